The van der Waals surface area contributed by atoms with Gasteiger partial charge in [-0.25, -0.2) is 9.98 Å². The molecule has 0 saturated heterocycles. The monoisotopic (exact) mass is 580 g/mol. The fraction of sp³-hybridized carbons (Fsp3) is 0.273. The first-order valence-corrected chi connectivity index (χ1v) is 14.0. The number of hydrogen-bond acceptors (Lipinski definition) is 7. The van der Waals surface area contributed by atoms with Crippen molar-refractivity contribution in [1.82, 2.24) is 24.4 Å². The second-order valence-electron chi connectivity index (χ2n) is 10.4. The van der Waals surface area contributed by atoms with Crippen LogP contribution in [-0.4, -0.2) is 65.2 Å². The lowest BCUT2D eigenvalue weighted by atomic mass is 9.79. The van der Waals surface area contributed by atoms with Crippen LogP contribution in [-0.2, 0) is 16.9 Å². The number of aliphatic imine (C=N–C) groups is 1. The average molecular weight is 581 g/mol. The predicted molar refractivity (Wildman–Crippen MR) is 167 cm³/mol. The van der Waals surface area contributed by atoms with Crippen LogP contribution >= 0.6 is 0 Å². The van der Waals surface area contributed by atoms with E-state index in [9.17, 15) is 4.79 Å². The second kappa shape index (κ2) is 12.9. The van der Waals surface area contributed by atoms with E-state index in [1.54, 1.807) is 31.8 Å². The highest BCUT2D eigenvalue weighted by Crippen LogP contribution is 2.42. The van der Waals surface area contributed by atoms with Crippen LogP contribution in [0.15, 0.2) is 95.0 Å². The highest BCUT2D eigenvalue weighted by atomic mass is 16.5. The summed E-state index contributed by atoms with van der Waals surface area (Å²) in [4.78, 5) is 30.2. The molecule has 0 amide bonds. The molecule has 0 radical (unpaired) electrons. The summed E-state index contributed by atoms with van der Waals surface area (Å²) in [5.41, 5.74) is 2.39. The predicted octanol–water partition coefficient (Wildman–Crippen LogP) is 5.15. The van der Waals surface area contributed by atoms with Crippen LogP contribution in [0.25, 0.3) is 11.2 Å². The molecule has 2 heterocycles. The molecule has 0 aliphatic rings. The fourth-order valence-corrected chi connectivity index (χ4v) is 5.05. The van der Waals surface area contributed by atoms with E-state index in [-0.39, 0.29) is 23.1 Å². The van der Waals surface area contributed by atoms with Crippen molar-refractivity contribution in [3.63, 3.8) is 0 Å². The third-order valence-corrected chi connectivity index (χ3v) is 7.20. The summed E-state index contributed by atoms with van der Waals surface area (Å²) in [6, 6.07) is 26.1. The number of nitrogens with one attached hydrogen (secondary N) is 1. The van der Waals surface area contributed by atoms with Crippen molar-refractivity contribution in [2.75, 3.05) is 28.3 Å². The average Bonchev–Trinajstić information content (AvgIpc) is 3.45. The number of ether oxygens (including phenoxy) is 3. The van der Waals surface area contributed by atoms with E-state index >= 15 is 0 Å². The minimum absolute atomic E-state index is 0.222. The van der Waals surface area contributed by atoms with Gasteiger partial charge in [0.15, 0.2) is 11.2 Å². The second-order valence-corrected chi connectivity index (χ2v) is 10.4. The standard InChI is InChI=1S/C33H36N6O4/c1-23(19-20-39-22-34-29-30(39)36-32(37-31(29)40)35-21-38(2)3)43-33(24-9-7-6-8-10-24,25-11-15-27(41-4)16-12-25)26-13-17-28(42-5)18-14-26/h6-18,21-23H,19-20H2,1-5H3,(H,36,37,40)/b35-21+. The number of methoxy groups -OCH3 is 2. The van der Waals surface area contributed by atoms with Gasteiger partial charge in [0.2, 0.25) is 5.95 Å². The van der Waals surface area contributed by atoms with Crippen LogP contribution < -0.4 is 15.0 Å². The van der Waals surface area contributed by atoms with E-state index in [0.717, 1.165) is 28.2 Å². The van der Waals surface area contributed by atoms with Crippen molar-refractivity contribution in [1.29, 1.82) is 0 Å². The molecule has 43 heavy (non-hydrogen) atoms. The Morgan fingerprint density at radius 3 is 2.07 bits per heavy atom. The molecule has 10 heteroatoms. The number of benzene rings is 3. The maximum absolute atomic E-state index is 12.6. The van der Waals surface area contributed by atoms with Crippen LogP contribution in [0.3, 0.4) is 0 Å². The zero-order chi connectivity index (χ0) is 30.4. The molecule has 2 aromatic heterocycles. The highest BCUT2D eigenvalue weighted by molar-refractivity contribution is 5.71. The van der Waals surface area contributed by atoms with Crippen LogP contribution in [0.4, 0.5) is 5.95 Å². The van der Waals surface area contributed by atoms with E-state index in [1.165, 1.54) is 0 Å². The first-order valence-electron chi connectivity index (χ1n) is 14.0. The Morgan fingerprint density at radius 1 is 0.930 bits per heavy atom. The molecular weight excluding hydrogens is 544 g/mol. The van der Waals surface area contributed by atoms with Crippen molar-refractivity contribution in [3.05, 3.63) is 112 Å². The Kier molecular flexibility index (Phi) is 8.87. The minimum atomic E-state index is -0.931. The largest absolute Gasteiger partial charge is 0.497 e. The number of H-pyrrole nitrogens is 1. The Bertz CT molecular complexity index is 1680. The van der Waals surface area contributed by atoms with E-state index in [1.807, 2.05) is 85.4 Å². The third-order valence-electron chi connectivity index (χ3n) is 7.20. The smallest absolute Gasteiger partial charge is 0.280 e. The van der Waals surface area contributed by atoms with Crippen LogP contribution in [0.5, 0.6) is 11.5 Å². The van der Waals surface area contributed by atoms with E-state index in [4.69, 9.17) is 14.2 Å². The van der Waals surface area contributed by atoms with Crippen molar-refractivity contribution >= 4 is 23.5 Å². The summed E-state index contributed by atoms with van der Waals surface area (Å²) in [5, 5.41) is 0. The molecule has 0 aliphatic heterocycles. The van der Waals surface area contributed by atoms with E-state index < -0.39 is 5.60 Å². The molecule has 10 nitrogen and oxygen atoms in total. The summed E-state index contributed by atoms with van der Waals surface area (Å²) in [6.45, 7) is 2.58. The lowest BCUT2D eigenvalue weighted by molar-refractivity contribution is -0.0433. The number of aryl methyl sites for hydroxylation is 1. The van der Waals surface area contributed by atoms with E-state index in [2.05, 4.69) is 39.0 Å². The summed E-state index contributed by atoms with van der Waals surface area (Å²) >= 11 is 0. The molecule has 0 saturated carbocycles. The van der Waals surface area contributed by atoms with Gasteiger partial charge in [-0.05, 0) is 54.3 Å². The van der Waals surface area contributed by atoms with Crippen molar-refractivity contribution < 1.29 is 14.2 Å². The fourth-order valence-electron chi connectivity index (χ4n) is 5.05. The molecule has 0 bridgehead atoms. The minimum Gasteiger partial charge on any atom is -0.497 e. The summed E-state index contributed by atoms with van der Waals surface area (Å²) in [5.74, 6) is 1.74. The summed E-state index contributed by atoms with van der Waals surface area (Å²) in [7, 11) is 7.00. The van der Waals surface area contributed by atoms with Gasteiger partial charge in [0, 0.05) is 20.6 Å². The first-order chi connectivity index (χ1) is 20.8. The molecule has 1 unspecified atom stereocenters. The molecule has 5 rings (SSSR count). The maximum Gasteiger partial charge on any atom is 0.280 e. The molecular formula is C33H36N6O4. The summed E-state index contributed by atoms with van der Waals surface area (Å²) < 4.78 is 19.9. The Labute approximate surface area is 250 Å². The lowest BCUT2D eigenvalue weighted by Crippen LogP contribution is -2.36. The van der Waals surface area contributed by atoms with Crippen LogP contribution in [0.2, 0.25) is 0 Å². The van der Waals surface area contributed by atoms with Gasteiger partial charge in [0.1, 0.15) is 17.1 Å². The Morgan fingerprint density at radius 2 is 1.51 bits per heavy atom. The number of aromatic nitrogens is 4. The van der Waals surface area contributed by atoms with Crippen molar-refractivity contribution in [3.8, 4) is 11.5 Å². The van der Waals surface area contributed by atoms with Gasteiger partial charge in [0.25, 0.3) is 5.56 Å². The third kappa shape index (κ3) is 6.29. The van der Waals surface area contributed by atoms with Gasteiger partial charge in [0.05, 0.1) is 33.0 Å². The Balaban J connectivity index is 1.51. The molecule has 1 N–H and O–H groups in total. The number of fused-ring (bicyclic) bond motifs is 1. The van der Waals surface area contributed by atoms with E-state index in [0.29, 0.717) is 18.6 Å². The maximum atomic E-state index is 12.6. The molecule has 0 aliphatic carbocycles. The molecule has 5 aromatic rings. The number of imidazole rings is 1. The molecule has 3 aromatic carbocycles. The first kappa shape index (κ1) is 29.5. The van der Waals surface area contributed by atoms with Gasteiger partial charge in [-0.2, -0.15) is 4.98 Å². The normalized spacial score (nSPS) is 12.5. The zero-order valence-corrected chi connectivity index (χ0v) is 25.0. The summed E-state index contributed by atoms with van der Waals surface area (Å²) in [6.07, 6.45) is 3.62. The number of rotatable bonds is 12. The van der Waals surface area contributed by atoms with Crippen molar-refractivity contribution in [2.24, 2.45) is 4.99 Å². The number of aromatic amines is 1. The number of nitrogens with zero attached hydrogens (tertiary/aromatic N) is 5. The van der Waals surface area contributed by atoms with Crippen molar-refractivity contribution in [2.45, 2.75) is 31.6 Å². The van der Waals surface area contributed by atoms with Crippen LogP contribution in [0.1, 0.15) is 30.0 Å². The Hall–Kier alpha value is -4.96. The van der Waals surface area contributed by atoms with Gasteiger partial charge in [-0.1, -0.05) is 54.6 Å². The van der Waals surface area contributed by atoms with Gasteiger partial charge >= 0.3 is 0 Å². The van der Waals surface area contributed by atoms with Gasteiger partial charge in [-0.15, -0.1) is 0 Å². The highest BCUT2D eigenvalue weighted by Gasteiger charge is 2.39. The van der Waals surface area contributed by atoms with Gasteiger partial charge < -0.3 is 23.7 Å². The molecule has 222 valence electrons. The topological polar surface area (TPSA) is 107 Å². The molecule has 1 atom stereocenters. The quantitative estimate of drug-likeness (QED) is 0.124. The number of hydrogen-bond donors (Lipinski definition) is 1. The molecule has 0 spiro atoms. The zero-order valence-electron chi connectivity index (χ0n) is 25.0. The SMILES string of the molecule is COc1ccc(C(OC(C)CCn2cnc3c(=O)[nH]c(/N=C/N(C)C)nc32)(c2ccccc2)c2ccc(OC)cc2)cc1. The van der Waals surface area contributed by atoms with Gasteiger partial charge in [-0.3, -0.25) is 9.78 Å². The molecule has 0 fully saturated rings. The lowest BCUT2D eigenvalue weighted by Gasteiger charge is -2.38. The van der Waals surface area contributed by atoms with Crippen LogP contribution in [0, 0.1) is 0 Å².